The number of benzene rings is 3. The van der Waals surface area contributed by atoms with Crippen molar-refractivity contribution < 1.29 is 28.6 Å². The molecule has 3 aliphatic heterocycles. The summed E-state index contributed by atoms with van der Waals surface area (Å²) in [5, 5.41) is 6.00. The van der Waals surface area contributed by atoms with Crippen LogP contribution in [0.3, 0.4) is 0 Å². The minimum Gasteiger partial charge on any atom is -0.495 e. The number of rotatable bonds is 8. The fraction of sp³-hybridized carbons (Fsp3) is 0.207. The maximum Gasteiger partial charge on any atom is 0.259 e. The molecule has 0 radical (unpaired) electrons. The minimum absolute atomic E-state index is 0.00318. The van der Waals surface area contributed by atoms with Gasteiger partial charge in [-0.3, -0.25) is 19.4 Å². The largest absolute Gasteiger partial charge is 0.495 e. The highest BCUT2D eigenvalue weighted by Crippen LogP contribution is 2.35. The number of amidine groups is 2. The van der Waals surface area contributed by atoms with Gasteiger partial charge in [0.05, 0.1) is 30.7 Å². The molecule has 6 rings (SSSR count). The number of amides is 3. The number of carbonyl (C=O) groups excluding carboxylic acids is 3. The van der Waals surface area contributed by atoms with Crippen LogP contribution >= 0.6 is 11.8 Å². The molecule has 3 heterocycles. The highest BCUT2D eigenvalue weighted by molar-refractivity contribution is 8.14. The second-order valence-corrected chi connectivity index (χ2v) is 10.2. The summed E-state index contributed by atoms with van der Waals surface area (Å²) in [6.45, 7) is 0.439. The van der Waals surface area contributed by atoms with E-state index in [2.05, 4.69) is 20.6 Å². The Bertz CT molecular complexity index is 1610. The van der Waals surface area contributed by atoms with Gasteiger partial charge in [0.2, 0.25) is 18.6 Å². The molecule has 3 aromatic carbocycles. The molecule has 1 unspecified atom stereocenters. The molecule has 0 saturated carbocycles. The number of hydrogen-bond acceptors (Lipinski definition) is 9. The predicted molar refractivity (Wildman–Crippen MR) is 154 cm³/mol. The molecule has 0 aromatic heterocycles. The Morgan fingerprint density at radius 3 is 2.73 bits per heavy atom. The Kier molecular flexibility index (Phi) is 7.30. The van der Waals surface area contributed by atoms with Gasteiger partial charge in [-0.25, -0.2) is 9.89 Å². The number of ether oxygens (including phenoxy) is 3. The van der Waals surface area contributed by atoms with Crippen molar-refractivity contribution in [2.45, 2.75) is 19.0 Å². The number of hydrogen-bond donors (Lipinski definition) is 2. The zero-order valence-corrected chi connectivity index (χ0v) is 22.8. The summed E-state index contributed by atoms with van der Waals surface area (Å²) in [7, 11) is 1.53. The van der Waals surface area contributed by atoms with Gasteiger partial charge in [-0.2, -0.15) is 0 Å². The van der Waals surface area contributed by atoms with E-state index >= 15 is 0 Å². The van der Waals surface area contributed by atoms with Crippen LogP contribution in [0.4, 0.5) is 11.4 Å². The first-order chi connectivity index (χ1) is 20.0. The lowest BCUT2D eigenvalue weighted by molar-refractivity contribution is -0.128. The molecule has 2 N–H and O–H groups in total. The first-order valence-electron chi connectivity index (χ1n) is 12.8. The third-order valence-electron chi connectivity index (χ3n) is 6.57. The van der Waals surface area contributed by atoms with Gasteiger partial charge in [0, 0.05) is 12.1 Å². The normalized spacial score (nSPS) is 16.4. The summed E-state index contributed by atoms with van der Waals surface area (Å²) in [4.78, 5) is 49.8. The molecule has 3 aromatic rings. The fourth-order valence-corrected chi connectivity index (χ4v) is 5.40. The van der Waals surface area contributed by atoms with Gasteiger partial charge in [-0.15, -0.1) is 0 Å². The van der Waals surface area contributed by atoms with E-state index in [0.29, 0.717) is 45.2 Å². The Morgan fingerprint density at radius 2 is 1.85 bits per heavy atom. The van der Waals surface area contributed by atoms with Gasteiger partial charge in [0.15, 0.2) is 16.7 Å². The van der Waals surface area contributed by atoms with E-state index in [1.54, 1.807) is 24.3 Å². The molecular weight excluding hydrogens is 546 g/mol. The lowest BCUT2D eigenvalue weighted by atomic mass is 10.1. The second-order valence-electron chi connectivity index (χ2n) is 9.26. The lowest BCUT2D eigenvalue weighted by Crippen LogP contribution is -2.42. The van der Waals surface area contributed by atoms with Crippen molar-refractivity contribution in [3.05, 3.63) is 77.9 Å². The summed E-state index contributed by atoms with van der Waals surface area (Å²) < 4.78 is 16.0. The lowest BCUT2D eigenvalue weighted by Gasteiger charge is -2.25. The molecule has 1 atom stereocenters. The monoisotopic (exact) mass is 571 g/mol. The van der Waals surface area contributed by atoms with E-state index < -0.39 is 6.04 Å². The number of fused-ring (bicyclic) bond motifs is 4. The summed E-state index contributed by atoms with van der Waals surface area (Å²) >= 11 is 1.12. The van der Waals surface area contributed by atoms with Crippen LogP contribution in [0.15, 0.2) is 76.7 Å². The van der Waals surface area contributed by atoms with E-state index in [1.165, 1.54) is 12.0 Å². The maximum atomic E-state index is 13.5. The SMILES string of the molecule is COc1ccccc1NC(=O)CSC1=Nc2ccccc2C2=NC(CC(=O)NCc3ccc4c(c3)OCO4)C(=O)N12. The van der Waals surface area contributed by atoms with Crippen LogP contribution in [-0.4, -0.2) is 59.3 Å². The summed E-state index contributed by atoms with van der Waals surface area (Å²) in [6.07, 6.45) is -0.127. The Hall–Kier alpha value is -4.84. The predicted octanol–water partition coefficient (Wildman–Crippen LogP) is 3.46. The Labute approximate surface area is 239 Å². The van der Waals surface area contributed by atoms with Crippen molar-refractivity contribution in [3.63, 3.8) is 0 Å². The molecule has 208 valence electrons. The van der Waals surface area contributed by atoms with Crippen LogP contribution in [0, 0.1) is 0 Å². The van der Waals surface area contributed by atoms with Crippen LogP contribution < -0.4 is 24.8 Å². The summed E-state index contributed by atoms with van der Waals surface area (Å²) in [5.74, 6) is 1.27. The summed E-state index contributed by atoms with van der Waals surface area (Å²) in [5.41, 5.74) is 2.71. The maximum absolute atomic E-state index is 13.5. The first-order valence-corrected chi connectivity index (χ1v) is 13.8. The number of thioether (sulfide) groups is 1. The van der Waals surface area contributed by atoms with E-state index in [-0.39, 0.29) is 43.2 Å². The van der Waals surface area contributed by atoms with Gasteiger partial charge in [0.1, 0.15) is 17.6 Å². The van der Waals surface area contributed by atoms with E-state index in [4.69, 9.17) is 14.2 Å². The third kappa shape index (κ3) is 5.46. The molecule has 0 fully saturated rings. The number of methoxy groups -OCH3 is 1. The number of aliphatic imine (C=N–C) groups is 2. The summed E-state index contributed by atoms with van der Waals surface area (Å²) in [6, 6.07) is 19.0. The highest BCUT2D eigenvalue weighted by Gasteiger charge is 2.42. The molecule has 3 amide bonds. The molecule has 0 bridgehead atoms. The molecule has 12 heteroatoms. The number of anilines is 1. The average Bonchev–Trinajstić information content (AvgIpc) is 3.59. The molecule has 41 heavy (non-hydrogen) atoms. The van der Waals surface area contributed by atoms with Crippen LogP contribution in [0.25, 0.3) is 0 Å². The fourth-order valence-electron chi connectivity index (χ4n) is 4.60. The van der Waals surface area contributed by atoms with Crippen LogP contribution in [0.5, 0.6) is 17.2 Å². The highest BCUT2D eigenvalue weighted by atomic mass is 32.2. The molecule has 3 aliphatic rings. The van der Waals surface area contributed by atoms with Crippen molar-refractivity contribution in [3.8, 4) is 17.2 Å². The van der Waals surface area contributed by atoms with Gasteiger partial charge in [0.25, 0.3) is 5.91 Å². The second kappa shape index (κ2) is 11.3. The molecule has 11 nitrogen and oxygen atoms in total. The Balaban J connectivity index is 1.13. The average molecular weight is 572 g/mol. The minimum atomic E-state index is -0.916. The third-order valence-corrected chi connectivity index (χ3v) is 7.51. The van der Waals surface area contributed by atoms with Crippen LogP contribution in [0.1, 0.15) is 17.5 Å². The van der Waals surface area contributed by atoms with Gasteiger partial charge in [-0.1, -0.05) is 42.1 Å². The number of nitrogens with zero attached hydrogens (tertiary/aromatic N) is 3. The van der Waals surface area contributed by atoms with E-state index in [9.17, 15) is 14.4 Å². The van der Waals surface area contributed by atoms with Crippen LogP contribution in [-0.2, 0) is 20.9 Å². The topological polar surface area (TPSA) is 131 Å². The zero-order chi connectivity index (χ0) is 28.3. The van der Waals surface area contributed by atoms with Crippen molar-refractivity contribution in [2.24, 2.45) is 9.98 Å². The van der Waals surface area contributed by atoms with Gasteiger partial charge < -0.3 is 24.8 Å². The zero-order valence-electron chi connectivity index (χ0n) is 22.0. The van der Waals surface area contributed by atoms with Crippen molar-refractivity contribution in [1.82, 2.24) is 10.2 Å². The van der Waals surface area contributed by atoms with Gasteiger partial charge in [-0.05, 0) is 42.0 Å². The molecule has 0 aliphatic carbocycles. The molecule has 0 saturated heterocycles. The number of nitrogens with one attached hydrogen (secondary N) is 2. The quantitative estimate of drug-likeness (QED) is 0.423. The number of carbonyl (C=O) groups is 3. The number of para-hydroxylation sites is 3. The van der Waals surface area contributed by atoms with Gasteiger partial charge >= 0.3 is 0 Å². The van der Waals surface area contributed by atoms with E-state index in [0.717, 1.165) is 17.3 Å². The Morgan fingerprint density at radius 1 is 1.05 bits per heavy atom. The van der Waals surface area contributed by atoms with Crippen molar-refractivity contribution in [2.75, 3.05) is 25.0 Å². The molecule has 0 spiro atoms. The smallest absolute Gasteiger partial charge is 0.259 e. The van der Waals surface area contributed by atoms with Crippen molar-refractivity contribution in [1.29, 1.82) is 0 Å². The van der Waals surface area contributed by atoms with E-state index in [1.807, 2.05) is 42.5 Å². The standard InChI is InChI=1S/C29H25N5O6S/c1-38-22-9-5-4-8-20(22)31-26(36)15-41-29-33-19-7-3-2-6-18(19)27-32-21(28(37)34(27)29)13-25(35)30-14-17-10-11-23-24(12-17)40-16-39-23/h2-12,21H,13-16H2,1H3,(H,30,35)(H,31,36). The first kappa shape index (κ1) is 26.4. The molecular formula is C29H25N5O6S. The van der Waals surface area contributed by atoms with Crippen LogP contribution in [0.2, 0.25) is 0 Å². The van der Waals surface area contributed by atoms with Crippen molar-refractivity contribution >= 4 is 51.9 Å².